The van der Waals surface area contributed by atoms with Crippen LogP contribution in [0.15, 0.2) is 83.7 Å². The summed E-state index contributed by atoms with van der Waals surface area (Å²) in [5, 5.41) is 7.58. The largest absolute Gasteiger partial charge is 0.320 e. The van der Waals surface area contributed by atoms with E-state index in [-0.39, 0.29) is 11.1 Å². The minimum Gasteiger partial charge on any atom is -0.320 e. The van der Waals surface area contributed by atoms with E-state index in [4.69, 9.17) is 0 Å². The molecule has 0 aliphatic carbocycles. The highest BCUT2D eigenvalue weighted by atomic mass is 16.2. The average Bonchev–Trinajstić information content (AvgIpc) is 2.71. The van der Waals surface area contributed by atoms with E-state index in [2.05, 4.69) is 10.4 Å². The van der Waals surface area contributed by atoms with E-state index in [0.717, 1.165) is 11.3 Å². The Bertz CT molecular complexity index is 1180. The summed E-state index contributed by atoms with van der Waals surface area (Å²) in [6, 6.07) is 24.0. The maximum absolute atomic E-state index is 12.9. The van der Waals surface area contributed by atoms with Gasteiger partial charge in [-0.25, -0.2) is 4.68 Å². The number of hydrogen-bond acceptors (Lipinski definition) is 3. The van der Waals surface area contributed by atoms with Crippen molar-refractivity contribution in [3.8, 4) is 5.69 Å². The molecule has 27 heavy (non-hydrogen) atoms. The number of fused-ring (bicyclic) bond motifs is 1. The number of benzene rings is 3. The lowest BCUT2D eigenvalue weighted by molar-refractivity contribution is 0.102. The molecule has 0 atom stereocenters. The molecule has 0 radical (unpaired) electrons. The van der Waals surface area contributed by atoms with E-state index in [0.29, 0.717) is 16.6 Å². The van der Waals surface area contributed by atoms with E-state index >= 15 is 0 Å². The summed E-state index contributed by atoms with van der Waals surface area (Å²) in [5.74, 6) is -0.528. The van der Waals surface area contributed by atoms with Gasteiger partial charge in [0.1, 0.15) is 0 Å². The number of para-hydroxylation sites is 2. The standard InChI is InChI=1S/C22H17N3O2/c1-15-11-13-16(14-12-15)23-22(27)20-21(26)18-9-5-6-10-19(18)25(24-20)17-7-3-2-4-8-17/h2-14H,1H3,(H,23,27). The molecular formula is C22H17N3O2. The molecule has 1 N–H and O–H groups in total. The maximum Gasteiger partial charge on any atom is 0.280 e. The molecule has 4 rings (SSSR count). The molecular weight excluding hydrogens is 338 g/mol. The van der Waals surface area contributed by atoms with Gasteiger partial charge in [-0.15, -0.1) is 0 Å². The summed E-state index contributed by atoms with van der Waals surface area (Å²) in [4.78, 5) is 25.6. The Morgan fingerprint density at radius 2 is 1.56 bits per heavy atom. The zero-order valence-corrected chi connectivity index (χ0v) is 14.7. The summed E-state index contributed by atoms with van der Waals surface area (Å²) in [5.41, 5.74) is 2.61. The third-order valence-electron chi connectivity index (χ3n) is 4.32. The number of rotatable bonds is 3. The van der Waals surface area contributed by atoms with Gasteiger partial charge in [0.2, 0.25) is 5.43 Å². The Labute approximate surface area is 155 Å². The Kier molecular flexibility index (Phi) is 4.26. The molecule has 5 heteroatoms. The van der Waals surface area contributed by atoms with Crippen LogP contribution in [0.3, 0.4) is 0 Å². The highest BCUT2D eigenvalue weighted by molar-refractivity contribution is 6.04. The fourth-order valence-electron chi connectivity index (χ4n) is 2.92. The lowest BCUT2D eigenvalue weighted by atomic mass is 10.1. The number of aryl methyl sites for hydroxylation is 1. The normalized spacial score (nSPS) is 10.7. The summed E-state index contributed by atoms with van der Waals surface area (Å²) in [6.45, 7) is 1.97. The van der Waals surface area contributed by atoms with Crippen molar-refractivity contribution in [2.45, 2.75) is 6.92 Å². The van der Waals surface area contributed by atoms with Gasteiger partial charge in [-0.2, -0.15) is 5.10 Å². The molecule has 1 amide bonds. The van der Waals surface area contributed by atoms with Crippen LogP contribution in [0.2, 0.25) is 0 Å². The van der Waals surface area contributed by atoms with Gasteiger partial charge >= 0.3 is 0 Å². The number of nitrogens with one attached hydrogen (secondary N) is 1. The number of nitrogens with zero attached hydrogens (tertiary/aromatic N) is 2. The van der Waals surface area contributed by atoms with Crippen molar-refractivity contribution in [2.24, 2.45) is 0 Å². The number of amides is 1. The molecule has 4 aromatic rings. The van der Waals surface area contributed by atoms with Crippen molar-refractivity contribution in [1.82, 2.24) is 9.78 Å². The molecule has 0 saturated carbocycles. The van der Waals surface area contributed by atoms with Crippen LogP contribution in [0.5, 0.6) is 0 Å². The third kappa shape index (κ3) is 3.22. The zero-order valence-electron chi connectivity index (χ0n) is 14.7. The average molecular weight is 355 g/mol. The van der Waals surface area contributed by atoms with Crippen molar-refractivity contribution in [2.75, 3.05) is 5.32 Å². The van der Waals surface area contributed by atoms with Gasteiger partial charge in [-0.1, -0.05) is 48.0 Å². The van der Waals surface area contributed by atoms with Crippen molar-refractivity contribution in [1.29, 1.82) is 0 Å². The lowest BCUT2D eigenvalue weighted by Crippen LogP contribution is -2.26. The van der Waals surface area contributed by atoms with Crippen LogP contribution >= 0.6 is 0 Å². The first-order chi connectivity index (χ1) is 13.1. The molecule has 5 nitrogen and oxygen atoms in total. The van der Waals surface area contributed by atoms with Crippen LogP contribution in [0, 0.1) is 6.92 Å². The summed E-state index contributed by atoms with van der Waals surface area (Å²) < 4.78 is 1.63. The van der Waals surface area contributed by atoms with E-state index in [9.17, 15) is 9.59 Å². The van der Waals surface area contributed by atoms with Crippen LogP contribution in [-0.2, 0) is 0 Å². The van der Waals surface area contributed by atoms with Gasteiger partial charge in [0.05, 0.1) is 16.6 Å². The molecule has 132 valence electrons. The topological polar surface area (TPSA) is 64.0 Å². The summed E-state index contributed by atoms with van der Waals surface area (Å²) in [6.07, 6.45) is 0. The molecule has 0 aliphatic rings. The number of hydrogen-bond donors (Lipinski definition) is 1. The van der Waals surface area contributed by atoms with Gasteiger partial charge in [-0.3, -0.25) is 9.59 Å². The van der Waals surface area contributed by atoms with Gasteiger partial charge in [-0.05, 0) is 43.3 Å². The van der Waals surface area contributed by atoms with Crippen molar-refractivity contribution >= 4 is 22.5 Å². The number of anilines is 1. The van der Waals surface area contributed by atoms with Crippen LogP contribution in [0.25, 0.3) is 16.6 Å². The Balaban J connectivity index is 1.85. The fraction of sp³-hybridized carbons (Fsp3) is 0.0455. The second-order valence-electron chi connectivity index (χ2n) is 6.26. The van der Waals surface area contributed by atoms with E-state index in [1.54, 1.807) is 28.9 Å². The second-order valence-corrected chi connectivity index (χ2v) is 6.26. The monoisotopic (exact) mass is 355 g/mol. The maximum atomic E-state index is 12.9. The summed E-state index contributed by atoms with van der Waals surface area (Å²) >= 11 is 0. The van der Waals surface area contributed by atoms with Crippen LogP contribution < -0.4 is 10.7 Å². The number of carbonyl (C=O) groups is 1. The Morgan fingerprint density at radius 3 is 2.30 bits per heavy atom. The molecule has 0 spiro atoms. The molecule has 1 heterocycles. The van der Waals surface area contributed by atoms with Gasteiger partial charge in [0.25, 0.3) is 5.91 Å². The quantitative estimate of drug-likeness (QED) is 0.605. The fourth-order valence-corrected chi connectivity index (χ4v) is 2.92. The lowest BCUT2D eigenvalue weighted by Gasteiger charge is -2.12. The van der Waals surface area contributed by atoms with E-state index < -0.39 is 5.91 Å². The van der Waals surface area contributed by atoms with Crippen molar-refractivity contribution in [3.05, 3.63) is 100 Å². The minimum absolute atomic E-state index is 0.141. The molecule has 3 aromatic carbocycles. The molecule has 0 aliphatic heterocycles. The van der Waals surface area contributed by atoms with Crippen LogP contribution in [-0.4, -0.2) is 15.7 Å². The minimum atomic E-state index is -0.528. The molecule has 0 unspecified atom stereocenters. The zero-order chi connectivity index (χ0) is 18.8. The van der Waals surface area contributed by atoms with Crippen LogP contribution in [0.4, 0.5) is 5.69 Å². The number of aromatic nitrogens is 2. The van der Waals surface area contributed by atoms with Gasteiger partial charge in [0.15, 0.2) is 5.69 Å². The van der Waals surface area contributed by atoms with Gasteiger partial charge < -0.3 is 5.32 Å². The summed E-state index contributed by atoms with van der Waals surface area (Å²) in [7, 11) is 0. The molecule has 1 aromatic heterocycles. The predicted octanol–water partition coefficient (Wildman–Crippen LogP) is 3.95. The molecule has 0 bridgehead atoms. The molecule has 0 fully saturated rings. The van der Waals surface area contributed by atoms with E-state index in [1.165, 1.54) is 0 Å². The second kappa shape index (κ2) is 6.88. The van der Waals surface area contributed by atoms with Crippen molar-refractivity contribution in [3.63, 3.8) is 0 Å². The predicted molar refractivity (Wildman–Crippen MR) is 106 cm³/mol. The smallest absolute Gasteiger partial charge is 0.280 e. The van der Waals surface area contributed by atoms with Crippen molar-refractivity contribution < 1.29 is 4.79 Å². The van der Waals surface area contributed by atoms with Crippen LogP contribution in [0.1, 0.15) is 16.1 Å². The first kappa shape index (κ1) is 16.7. The Hall–Kier alpha value is -3.73. The first-order valence-corrected chi connectivity index (χ1v) is 8.59. The van der Waals surface area contributed by atoms with E-state index in [1.807, 2.05) is 61.5 Å². The third-order valence-corrected chi connectivity index (χ3v) is 4.32. The van der Waals surface area contributed by atoms with Gasteiger partial charge in [0, 0.05) is 5.69 Å². The number of carbonyl (C=O) groups excluding carboxylic acids is 1. The molecule has 0 saturated heterocycles. The Morgan fingerprint density at radius 1 is 0.889 bits per heavy atom. The highest BCUT2D eigenvalue weighted by Crippen LogP contribution is 2.16. The highest BCUT2D eigenvalue weighted by Gasteiger charge is 2.18. The SMILES string of the molecule is Cc1ccc(NC(=O)c2nn(-c3ccccc3)c3ccccc3c2=O)cc1. The first-order valence-electron chi connectivity index (χ1n) is 8.59.